The maximum atomic E-state index is 9.50. The molecule has 12 heavy (non-hydrogen) atoms. The molecule has 0 bridgehead atoms. The van der Waals surface area contributed by atoms with Gasteiger partial charge in [0.15, 0.2) is 0 Å². The third kappa shape index (κ3) is 7.26. The average Bonchev–Trinajstić information content (AvgIpc) is 2.25. The largest absolute Gasteiger partial charge is 0.255 e. The molecule has 0 nitrogen and oxygen atoms in total. The summed E-state index contributed by atoms with van der Waals surface area (Å²) in [5.74, 6) is 0. The molecule has 0 radical (unpaired) electrons. The maximum absolute atomic E-state index is 9.50. The van der Waals surface area contributed by atoms with Gasteiger partial charge in [0.1, 0.15) is 0 Å². The second-order valence-electron chi connectivity index (χ2n) is 1.84. The van der Waals surface area contributed by atoms with E-state index in [0.29, 0.717) is 7.18 Å². The van der Waals surface area contributed by atoms with Crippen molar-refractivity contribution >= 4 is 0 Å². The van der Waals surface area contributed by atoms with E-state index in [-0.39, 0.29) is 0 Å². The van der Waals surface area contributed by atoms with Crippen molar-refractivity contribution in [3.8, 4) is 0 Å². The molecule has 0 amide bonds. The number of halogens is 1. The van der Waals surface area contributed by atoms with Gasteiger partial charge in [-0.15, -0.1) is 0 Å². The van der Waals surface area contributed by atoms with Crippen LogP contribution in [0.5, 0.6) is 0 Å². The van der Waals surface area contributed by atoms with Crippen molar-refractivity contribution in [3.63, 3.8) is 0 Å². The molecule has 0 aliphatic rings. The van der Waals surface area contributed by atoms with Gasteiger partial charge in [0.2, 0.25) is 0 Å². The highest BCUT2D eigenvalue weighted by atomic mass is 19.1. The van der Waals surface area contributed by atoms with Gasteiger partial charge in [-0.3, -0.25) is 4.39 Å². The second kappa shape index (κ2) is 12.8. The van der Waals surface area contributed by atoms with Crippen LogP contribution in [0, 0.1) is 0 Å². The standard InChI is InChI=1S/C8H10.C2H6.CH3F/c1-2-8-6-4-3-5-7-8;2*1-2/h3-7H,2H2,1H3;1-2H3;1H3. The molecule has 70 valence electrons. The van der Waals surface area contributed by atoms with E-state index in [1.54, 1.807) is 0 Å². The number of alkyl halides is 1. The van der Waals surface area contributed by atoms with Crippen molar-refractivity contribution in [1.82, 2.24) is 0 Å². The van der Waals surface area contributed by atoms with E-state index >= 15 is 0 Å². The lowest BCUT2D eigenvalue weighted by Crippen LogP contribution is -1.73. The van der Waals surface area contributed by atoms with Gasteiger partial charge < -0.3 is 0 Å². The van der Waals surface area contributed by atoms with Crippen molar-refractivity contribution in [2.75, 3.05) is 7.18 Å². The first-order chi connectivity index (χ1) is 5.93. The van der Waals surface area contributed by atoms with Crippen molar-refractivity contribution in [1.29, 1.82) is 0 Å². The topological polar surface area (TPSA) is 0 Å². The van der Waals surface area contributed by atoms with Gasteiger partial charge in [-0.2, -0.15) is 0 Å². The fourth-order valence-corrected chi connectivity index (χ4v) is 0.714. The number of aryl methyl sites for hydroxylation is 1. The summed E-state index contributed by atoms with van der Waals surface area (Å²) in [7, 11) is 0.500. The SMILES string of the molecule is CC.CCc1ccccc1.CF. The van der Waals surface area contributed by atoms with Gasteiger partial charge in [0.05, 0.1) is 7.18 Å². The highest BCUT2D eigenvalue weighted by molar-refractivity contribution is 5.13. The first-order valence-corrected chi connectivity index (χ1v) is 4.35. The summed E-state index contributed by atoms with van der Waals surface area (Å²) < 4.78 is 9.50. The molecule has 0 fully saturated rings. The number of benzene rings is 1. The maximum Gasteiger partial charge on any atom is 0.0785 e. The number of hydrogen-bond donors (Lipinski definition) is 0. The highest BCUT2D eigenvalue weighted by Crippen LogP contribution is 1.96. The summed E-state index contributed by atoms with van der Waals surface area (Å²) in [5, 5.41) is 0. The van der Waals surface area contributed by atoms with Crippen LogP contribution in [0.1, 0.15) is 26.3 Å². The van der Waals surface area contributed by atoms with Crippen molar-refractivity contribution in [2.45, 2.75) is 27.2 Å². The Bertz CT molecular complexity index is 146. The molecule has 0 spiro atoms. The molecule has 0 atom stereocenters. The van der Waals surface area contributed by atoms with Gasteiger partial charge >= 0.3 is 0 Å². The molecule has 1 heteroatoms. The van der Waals surface area contributed by atoms with E-state index in [0.717, 1.165) is 6.42 Å². The molecule has 1 aromatic carbocycles. The van der Waals surface area contributed by atoms with Crippen molar-refractivity contribution in [3.05, 3.63) is 35.9 Å². The zero-order chi connectivity index (χ0) is 9.82. The van der Waals surface area contributed by atoms with Crippen LogP contribution in [0.15, 0.2) is 30.3 Å². The molecule has 0 saturated carbocycles. The minimum atomic E-state index is 0.500. The zero-order valence-corrected chi connectivity index (χ0v) is 8.47. The lowest BCUT2D eigenvalue weighted by atomic mass is 10.2. The van der Waals surface area contributed by atoms with Gasteiger partial charge in [0.25, 0.3) is 0 Å². The van der Waals surface area contributed by atoms with Gasteiger partial charge in [-0.25, -0.2) is 0 Å². The molecule has 1 aromatic rings. The average molecular weight is 170 g/mol. The Balaban J connectivity index is 0. The van der Waals surface area contributed by atoms with Crippen LogP contribution in [0.4, 0.5) is 4.39 Å². The minimum Gasteiger partial charge on any atom is -0.255 e. The first-order valence-electron chi connectivity index (χ1n) is 4.35. The van der Waals surface area contributed by atoms with E-state index in [9.17, 15) is 4.39 Å². The molecule has 0 aromatic heterocycles. The van der Waals surface area contributed by atoms with Crippen LogP contribution in [0.2, 0.25) is 0 Å². The summed E-state index contributed by atoms with van der Waals surface area (Å²) in [6.07, 6.45) is 1.14. The highest BCUT2D eigenvalue weighted by Gasteiger charge is 1.79. The van der Waals surface area contributed by atoms with Crippen LogP contribution in [-0.4, -0.2) is 7.18 Å². The second-order valence-corrected chi connectivity index (χ2v) is 1.84. The van der Waals surface area contributed by atoms with Crippen molar-refractivity contribution in [2.24, 2.45) is 0 Å². The Kier molecular flexibility index (Phi) is 14.6. The van der Waals surface area contributed by atoms with Gasteiger partial charge in [0, 0.05) is 0 Å². The van der Waals surface area contributed by atoms with Gasteiger partial charge in [-0.05, 0) is 12.0 Å². The third-order valence-corrected chi connectivity index (χ3v) is 1.25. The smallest absolute Gasteiger partial charge is 0.0785 e. The number of hydrogen-bond acceptors (Lipinski definition) is 0. The molecule has 0 aliphatic carbocycles. The van der Waals surface area contributed by atoms with Crippen LogP contribution in [0.25, 0.3) is 0 Å². The Morgan fingerprint density at radius 2 is 1.42 bits per heavy atom. The van der Waals surface area contributed by atoms with Crippen molar-refractivity contribution < 1.29 is 4.39 Å². The summed E-state index contributed by atoms with van der Waals surface area (Å²) in [6, 6.07) is 10.5. The third-order valence-electron chi connectivity index (χ3n) is 1.25. The Morgan fingerprint density at radius 1 is 1.00 bits per heavy atom. The van der Waals surface area contributed by atoms with E-state index < -0.39 is 0 Å². The molecule has 0 heterocycles. The monoisotopic (exact) mass is 170 g/mol. The molecule has 0 N–H and O–H groups in total. The summed E-state index contributed by atoms with van der Waals surface area (Å²) in [4.78, 5) is 0. The van der Waals surface area contributed by atoms with Crippen LogP contribution < -0.4 is 0 Å². The molecule has 0 unspecified atom stereocenters. The summed E-state index contributed by atoms with van der Waals surface area (Å²) in [6.45, 7) is 6.16. The minimum absolute atomic E-state index is 0.500. The van der Waals surface area contributed by atoms with Gasteiger partial charge in [-0.1, -0.05) is 51.1 Å². The molecule has 0 saturated heterocycles. The Morgan fingerprint density at radius 3 is 1.67 bits per heavy atom. The first kappa shape index (κ1) is 13.7. The predicted octanol–water partition coefficient (Wildman–Crippen LogP) is 3.86. The molecule has 0 aliphatic heterocycles. The Hall–Kier alpha value is -0.850. The lowest BCUT2D eigenvalue weighted by molar-refractivity contribution is 0.636. The van der Waals surface area contributed by atoms with E-state index in [2.05, 4.69) is 31.2 Å². The lowest BCUT2D eigenvalue weighted by Gasteiger charge is -1.89. The summed E-state index contributed by atoms with van der Waals surface area (Å²) in [5.41, 5.74) is 1.41. The quantitative estimate of drug-likeness (QED) is 0.600. The van der Waals surface area contributed by atoms with E-state index in [4.69, 9.17) is 0 Å². The molecular formula is C11H19F. The van der Waals surface area contributed by atoms with E-state index in [1.165, 1.54) is 5.56 Å². The van der Waals surface area contributed by atoms with Crippen LogP contribution in [-0.2, 0) is 6.42 Å². The van der Waals surface area contributed by atoms with E-state index in [1.807, 2.05) is 19.9 Å². The normalized spacial score (nSPS) is 7.08. The number of rotatable bonds is 1. The summed E-state index contributed by atoms with van der Waals surface area (Å²) >= 11 is 0. The Labute approximate surface area is 75.4 Å². The predicted molar refractivity (Wildman–Crippen MR) is 54.2 cm³/mol. The van der Waals surface area contributed by atoms with Crippen LogP contribution >= 0.6 is 0 Å². The zero-order valence-electron chi connectivity index (χ0n) is 8.47. The fraction of sp³-hybridized carbons (Fsp3) is 0.455. The van der Waals surface area contributed by atoms with Crippen LogP contribution in [0.3, 0.4) is 0 Å². The fourth-order valence-electron chi connectivity index (χ4n) is 0.714. The molecule has 1 rings (SSSR count). The molecular weight excluding hydrogens is 151 g/mol.